The van der Waals surface area contributed by atoms with Crippen molar-refractivity contribution in [1.82, 2.24) is 0 Å². The Bertz CT molecular complexity index is 296. The third kappa shape index (κ3) is 0.777. The molecule has 0 amide bonds. The van der Waals surface area contributed by atoms with Crippen molar-refractivity contribution in [2.45, 2.75) is 24.4 Å². The van der Waals surface area contributed by atoms with Crippen LogP contribution in [0.4, 0.5) is 0 Å². The lowest BCUT2D eigenvalue weighted by Gasteiger charge is -2.17. The molecule has 0 aromatic carbocycles. The standard InChI is InChI=1S/C8H8O6/c9-7(10)1-2(8(11)12)4-6-5(14-6)3(1)13-4/h1-6H,(H,9,10)(H,11,12)/t1-,2+,3-,4-,5+,6+/m1/s1. The molecule has 0 spiro atoms. The van der Waals surface area contributed by atoms with Crippen molar-refractivity contribution < 1.29 is 29.3 Å². The average Bonchev–Trinajstić information content (AvgIpc) is 2.71. The molecule has 2 bridgehead atoms. The molecule has 0 radical (unpaired) electrons. The summed E-state index contributed by atoms with van der Waals surface area (Å²) in [5.41, 5.74) is 0. The molecule has 3 aliphatic heterocycles. The second kappa shape index (κ2) is 2.26. The van der Waals surface area contributed by atoms with E-state index in [1.165, 1.54) is 0 Å². The molecule has 3 heterocycles. The van der Waals surface area contributed by atoms with Gasteiger partial charge in [-0.05, 0) is 0 Å². The summed E-state index contributed by atoms with van der Waals surface area (Å²) in [5, 5.41) is 17.8. The Morgan fingerprint density at radius 3 is 1.50 bits per heavy atom. The maximum atomic E-state index is 10.9. The molecule has 0 aliphatic carbocycles. The fourth-order valence-electron chi connectivity index (χ4n) is 2.58. The number of fused-ring (bicyclic) bond motifs is 5. The first kappa shape index (κ1) is 8.19. The van der Waals surface area contributed by atoms with Crippen LogP contribution in [0.1, 0.15) is 0 Å². The van der Waals surface area contributed by atoms with E-state index in [2.05, 4.69) is 0 Å². The number of hydrogen-bond acceptors (Lipinski definition) is 4. The predicted octanol–water partition coefficient (Wildman–Crippen LogP) is -1.06. The van der Waals surface area contributed by atoms with Crippen LogP contribution < -0.4 is 0 Å². The Morgan fingerprint density at radius 2 is 1.14 bits per heavy atom. The highest BCUT2D eigenvalue weighted by Gasteiger charge is 2.72. The largest absolute Gasteiger partial charge is 0.481 e. The van der Waals surface area contributed by atoms with Crippen LogP contribution in [0.15, 0.2) is 0 Å². The summed E-state index contributed by atoms with van der Waals surface area (Å²) in [7, 11) is 0. The van der Waals surface area contributed by atoms with Crippen molar-refractivity contribution >= 4 is 11.9 Å². The fraction of sp³-hybridized carbons (Fsp3) is 0.750. The second-order valence-electron chi connectivity index (χ2n) is 3.86. The molecular weight excluding hydrogens is 192 g/mol. The van der Waals surface area contributed by atoms with Crippen LogP contribution in [-0.4, -0.2) is 46.6 Å². The molecule has 76 valence electrons. The van der Waals surface area contributed by atoms with Gasteiger partial charge in [0.2, 0.25) is 0 Å². The van der Waals surface area contributed by atoms with Crippen LogP contribution in [-0.2, 0) is 19.1 Å². The first-order valence-electron chi connectivity index (χ1n) is 4.38. The SMILES string of the molecule is O=C(O)[C@@H]1[C@H]2O[C@@H]([C@@H]3O[C@H]32)[C@@H]1C(=O)O. The van der Waals surface area contributed by atoms with E-state index in [1.807, 2.05) is 0 Å². The van der Waals surface area contributed by atoms with Crippen LogP contribution in [0.5, 0.6) is 0 Å². The van der Waals surface area contributed by atoms with Gasteiger partial charge in [0, 0.05) is 0 Å². The van der Waals surface area contributed by atoms with Crippen LogP contribution in [0, 0.1) is 11.8 Å². The van der Waals surface area contributed by atoms with Gasteiger partial charge in [-0.25, -0.2) is 0 Å². The Labute approximate surface area is 78.4 Å². The van der Waals surface area contributed by atoms with E-state index in [0.29, 0.717) is 0 Å². The third-order valence-corrected chi connectivity index (χ3v) is 3.19. The number of ether oxygens (including phenoxy) is 2. The van der Waals surface area contributed by atoms with E-state index >= 15 is 0 Å². The van der Waals surface area contributed by atoms with E-state index in [0.717, 1.165) is 0 Å². The van der Waals surface area contributed by atoms with Crippen LogP contribution in [0.25, 0.3) is 0 Å². The zero-order valence-electron chi connectivity index (χ0n) is 6.99. The highest BCUT2D eigenvalue weighted by atomic mass is 16.7. The summed E-state index contributed by atoms with van der Waals surface area (Å²) < 4.78 is 10.4. The third-order valence-electron chi connectivity index (χ3n) is 3.19. The number of hydrogen-bond donors (Lipinski definition) is 2. The molecule has 6 atom stereocenters. The van der Waals surface area contributed by atoms with Gasteiger partial charge in [-0.15, -0.1) is 0 Å². The highest BCUT2D eigenvalue weighted by Crippen LogP contribution is 2.53. The summed E-state index contributed by atoms with van der Waals surface area (Å²) in [4.78, 5) is 21.7. The molecule has 3 rings (SSSR count). The van der Waals surface area contributed by atoms with Crippen LogP contribution >= 0.6 is 0 Å². The molecule has 3 aliphatic rings. The molecule has 0 aromatic rings. The smallest absolute Gasteiger partial charge is 0.310 e. The molecule has 6 nitrogen and oxygen atoms in total. The van der Waals surface area contributed by atoms with Gasteiger partial charge in [-0.2, -0.15) is 0 Å². The number of carboxylic acid groups (broad SMARTS) is 2. The molecule has 0 saturated carbocycles. The van der Waals surface area contributed by atoms with E-state index in [1.54, 1.807) is 0 Å². The van der Waals surface area contributed by atoms with E-state index in [4.69, 9.17) is 19.7 Å². The van der Waals surface area contributed by atoms with Crippen molar-refractivity contribution in [1.29, 1.82) is 0 Å². The number of carboxylic acids is 2. The molecule has 3 fully saturated rings. The quantitative estimate of drug-likeness (QED) is 0.551. The molecule has 0 aromatic heterocycles. The van der Waals surface area contributed by atoms with Crippen LogP contribution in [0.3, 0.4) is 0 Å². The van der Waals surface area contributed by atoms with Crippen molar-refractivity contribution in [3.8, 4) is 0 Å². The molecule has 6 heteroatoms. The molecule has 3 saturated heterocycles. The lowest BCUT2D eigenvalue weighted by atomic mass is 9.79. The van der Waals surface area contributed by atoms with E-state index in [9.17, 15) is 9.59 Å². The minimum absolute atomic E-state index is 0.184. The second-order valence-corrected chi connectivity index (χ2v) is 3.86. The van der Waals surface area contributed by atoms with Crippen molar-refractivity contribution in [2.75, 3.05) is 0 Å². The number of carbonyl (C=O) groups is 2. The molecular formula is C8H8O6. The maximum Gasteiger partial charge on any atom is 0.310 e. The summed E-state index contributed by atoms with van der Waals surface area (Å²) in [6, 6.07) is 0. The predicted molar refractivity (Wildman–Crippen MR) is 39.6 cm³/mol. The van der Waals surface area contributed by atoms with E-state index in [-0.39, 0.29) is 12.2 Å². The first-order chi connectivity index (χ1) is 6.61. The molecule has 2 N–H and O–H groups in total. The normalized spacial score (nSPS) is 52.9. The van der Waals surface area contributed by atoms with Gasteiger partial charge in [0.15, 0.2) is 0 Å². The summed E-state index contributed by atoms with van der Waals surface area (Å²) in [6.07, 6.45) is -1.50. The zero-order chi connectivity index (χ0) is 10.0. The summed E-state index contributed by atoms with van der Waals surface area (Å²) >= 11 is 0. The van der Waals surface area contributed by atoms with Gasteiger partial charge >= 0.3 is 11.9 Å². The van der Waals surface area contributed by atoms with Gasteiger partial charge in [0.1, 0.15) is 36.3 Å². The summed E-state index contributed by atoms with van der Waals surface area (Å²) in [6.45, 7) is 0. The summed E-state index contributed by atoms with van der Waals surface area (Å²) in [5.74, 6) is -4.14. The molecule has 0 unspecified atom stereocenters. The minimum atomic E-state index is -1.11. The Morgan fingerprint density at radius 1 is 0.786 bits per heavy atom. The monoisotopic (exact) mass is 200 g/mol. The Kier molecular flexibility index (Phi) is 1.32. The van der Waals surface area contributed by atoms with Gasteiger partial charge in [-0.1, -0.05) is 0 Å². The van der Waals surface area contributed by atoms with Gasteiger partial charge in [0.25, 0.3) is 0 Å². The topological polar surface area (TPSA) is 96.4 Å². The number of epoxide rings is 1. The van der Waals surface area contributed by atoms with Gasteiger partial charge in [-0.3, -0.25) is 9.59 Å². The lowest BCUT2D eigenvalue weighted by Crippen LogP contribution is -2.41. The lowest BCUT2D eigenvalue weighted by molar-refractivity contribution is -0.153. The van der Waals surface area contributed by atoms with Crippen molar-refractivity contribution in [3.05, 3.63) is 0 Å². The number of aliphatic carboxylic acids is 2. The maximum absolute atomic E-state index is 10.9. The average molecular weight is 200 g/mol. The highest BCUT2D eigenvalue weighted by molar-refractivity contribution is 5.82. The Balaban J connectivity index is 1.95. The molecule has 14 heavy (non-hydrogen) atoms. The minimum Gasteiger partial charge on any atom is -0.481 e. The van der Waals surface area contributed by atoms with Crippen LogP contribution in [0.2, 0.25) is 0 Å². The Hall–Kier alpha value is -1.14. The van der Waals surface area contributed by atoms with E-state index < -0.39 is 36.0 Å². The number of rotatable bonds is 2. The van der Waals surface area contributed by atoms with Gasteiger partial charge in [0.05, 0.1) is 0 Å². The fourth-order valence-corrected chi connectivity index (χ4v) is 2.58. The first-order valence-corrected chi connectivity index (χ1v) is 4.38. The van der Waals surface area contributed by atoms with Crippen molar-refractivity contribution in [3.63, 3.8) is 0 Å². The van der Waals surface area contributed by atoms with Crippen molar-refractivity contribution in [2.24, 2.45) is 11.8 Å². The van der Waals surface area contributed by atoms with Gasteiger partial charge < -0.3 is 19.7 Å². The zero-order valence-corrected chi connectivity index (χ0v) is 6.99.